The first-order valence-corrected chi connectivity index (χ1v) is 12.5. The standard InChI is InChI=1S/C26H24FN3O5S/c1-4-6-11-34-19-9-7-15(12-20(19)33-5-2)22-21-23(31)17-13-16(27)8-10-18(17)35-24(21)25(32)30(22)26-29-28-14(3)36-26/h7-10,12-13,22H,4-6,11H2,1-3H3. The predicted octanol–water partition coefficient (Wildman–Crippen LogP) is 5.42. The SMILES string of the molecule is CCCCOc1ccc(C2c3c(oc4ccc(F)cc4c3=O)C(=O)N2c2nnc(C)s2)cc1OCC. The molecule has 1 unspecified atom stereocenters. The Morgan fingerprint density at radius 1 is 1.08 bits per heavy atom. The summed E-state index contributed by atoms with van der Waals surface area (Å²) in [6.45, 7) is 6.66. The van der Waals surface area contributed by atoms with E-state index in [1.165, 1.54) is 28.4 Å². The number of halogens is 1. The second-order valence-corrected chi connectivity index (χ2v) is 9.50. The summed E-state index contributed by atoms with van der Waals surface area (Å²) in [5, 5.41) is 9.26. The highest BCUT2D eigenvalue weighted by Crippen LogP contribution is 2.44. The summed E-state index contributed by atoms with van der Waals surface area (Å²) in [5.41, 5.74) is 0.378. The molecule has 2 aromatic carbocycles. The normalized spacial score (nSPS) is 14.9. The van der Waals surface area contributed by atoms with Crippen LogP contribution in [0, 0.1) is 12.7 Å². The van der Waals surface area contributed by atoms with Gasteiger partial charge in [-0.25, -0.2) is 4.39 Å². The topological polar surface area (TPSA) is 94.8 Å². The van der Waals surface area contributed by atoms with Crippen LogP contribution in [-0.4, -0.2) is 29.3 Å². The molecular weight excluding hydrogens is 485 g/mol. The highest BCUT2D eigenvalue weighted by atomic mass is 32.1. The van der Waals surface area contributed by atoms with Crippen molar-refractivity contribution >= 4 is 33.3 Å². The van der Waals surface area contributed by atoms with Gasteiger partial charge in [0.2, 0.25) is 10.9 Å². The van der Waals surface area contributed by atoms with Crippen LogP contribution in [0.15, 0.2) is 45.6 Å². The number of aryl methyl sites for hydroxylation is 1. The van der Waals surface area contributed by atoms with E-state index < -0.39 is 23.2 Å². The third-order valence-electron chi connectivity index (χ3n) is 5.89. The fourth-order valence-electron chi connectivity index (χ4n) is 4.25. The first kappa shape index (κ1) is 23.9. The van der Waals surface area contributed by atoms with Gasteiger partial charge in [-0.1, -0.05) is 30.7 Å². The lowest BCUT2D eigenvalue weighted by molar-refractivity contribution is 0.0970. The van der Waals surface area contributed by atoms with E-state index in [0.717, 1.165) is 18.9 Å². The maximum absolute atomic E-state index is 14.0. The molecule has 0 bridgehead atoms. The molecule has 10 heteroatoms. The van der Waals surface area contributed by atoms with Gasteiger partial charge in [0.05, 0.1) is 30.2 Å². The van der Waals surface area contributed by atoms with Crippen LogP contribution in [0.2, 0.25) is 0 Å². The fourth-order valence-corrected chi connectivity index (χ4v) is 4.96. The minimum atomic E-state index is -0.868. The third-order valence-corrected chi connectivity index (χ3v) is 6.73. The van der Waals surface area contributed by atoms with E-state index >= 15 is 0 Å². The Morgan fingerprint density at radius 3 is 2.64 bits per heavy atom. The smallest absolute Gasteiger partial charge is 0.297 e. The number of carbonyl (C=O) groups excluding carboxylic acids is 1. The molecule has 0 fully saturated rings. The molecule has 0 N–H and O–H groups in total. The van der Waals surface area contributed by atoms with Gasteiger partial charge >= 0.3 is 0 Å². The summed E-state index contributed by atoms with van der Waals surface area (Å²) in [4.78, 5) is 28.6. The molecular formula is C26H24FN3O5S. The van der Waals surface area contributed by atoms with E-state index in [1.807, 2.05) is 6.92 Å². The van der Waals surface area contributed by atoms with Crippen LogP contribution in [0.25, 0.3) is 11.0 Å². The van der Waals surface area contributed by atoms with Crippen LogP contribution < -0.4 is 19.8 Å². The summed E-state index contributed by atoms with van der Waals surface area (Å²) in [6, 6.07) is 8.10. The van der Waals surface area contributed by atoms with E-state index in [0.29, 0.717) is 40.4 Å². The first-order chi connectivity index (χ1) is 17.4. The van der Waals surface area contributed by atoms with Crippen molar-refractivity contribution in [2.45, 2.75) is 39.7 Å². The largest absolute Gasteiger partial charge is 0.490 e. The van der Waals surface area contributed by atoms with E-state index in [9.17, 15) is 14.0 Å². The number of hydrogen-bond donors (Lipinski definition) is 0. The Labute approximate surface area is 210 Å². The predicted molar refractivity (Wildman–Crippen MR) is 134 cm³/mol. The lowest BCUT2D eigenvalue weighted by Gasteiger charge is -2.23. The van der Waals surface area contributed by atoms with Crippen molar-refractivity contribution in [1.29, 1.82) is 0 Å². The van der Waals surface area contributed by atoms with Gasteiger partial charge in [-0.15, -0.1) is 10.2 Å². The number of hydrogen-bond acceptors (Lipinski definition) is 8. The van der Waals surface area contributed by atoms with Crippen molar-refractivity contribution in [2.75, 3.05) is 18.1 Å². The summed E-state index contributed by atoms with van der Waals surface area (Å²) >= 11 is 1.22. The maximum Gasteiger partial charge on any atom is 0.297 e. The molecule has 1 aliphatic rings. The molecule has 8 nitrogen and oxygen atoms in total. The van der Waals surface area contributed by atoms with Gasteiger partial charge in [-0.3, -0.25) is 14.5 Å². The monoisotopic (exact) mass is 509 g/mol. The Kier molecular flexibility index (Phi) is 6.44. The average molecular weight is 510 g/mol. The number of nitrogens with zero attached hydrogens (tertiary/aromatic N) is 3. The number of anilines is 1. The Hall–Kier alpha value is -3.79. The zero-order valence-electron chi connectivity index (χ0n) is 20.0. The quantitative estimate of drug-likeness (QED) is 0.293. The zero-order chi connectivity index (χ0) is 25.4. The molecule has 1 atom stereocenters. The number of amides is 1. The van der Waals surface area contributed by atoms with Crippen molar-refractivity contribution in [3.05, 3.63) is 74.3 Å². The molecule has 2 aromatic heterocycles. The fraction of sp³-hybridized carbons (Fsp3) is 0.308. The van der Waals surface area contributed by atoms with Crippen molar-refractivity contribution in [3.8, 4) is 11.5 Å². The van der Waals surface area contributed by atoms with Crippen LogP contribution >= 0.6 is 11.3 Å². The van der Waals surface area contributed by atoms with Crippen LogP contribution in [0.1, 0.15) is 59.4 Å². The number of benzene rings is 2. The van der Waals surface area contributed by atoms with Gasteiger partial charge in [-0.05, 0) is 56.2 Å². The first-order valence-electron chi connectivity index (χ1n) is 11.7. The van der Waals surface area contributed by atoms with E-state index in [2.05, 4.69) is 17.1 Å². The molecule has 186 valence electrons. The van der Waals surface area contributed by atoms with Crippen LogP contribution in [0.4, 0.5) is 9.52 Å². The van der Waals surface area contributed by atoms with Gasteiger partial charge in [0.25, 0.3) is 5.91 Å². The minimum absolute atomic E-state index is 0.0615. The number of carbonyl (C=O) groups is 1. The van der Waals surface area contributed by atoms with Crippen molar-refractivity contribution in [3.63, 3.8) is 0 Å². The molecule has 0 saturated carbocycles. The zero-order valence-corrected chi connectivity index (χ0v) is 20.9. The van der Waals surface area contributed by atoms with Crippen molar-refractivity contribution in [1.82, 2.24) is 10.2 Å². The average Bonchev–Trinajstić information content (AvgIpc) is 3.41. The molecule has 3 heterocycles. The molecule has 1 amide bonds. The van der Waals surface area contributed by atoms with Crippen LogP contribution in [-0.2, 0) is 0 Å². The van der Waals surface area contributed by atoms with Gasteiger partial charge in [-0.2, -0.15) is 0 Å². The number of rotatable bonds is 8. The summed E-state index contributed by atoms with van der Waals surface area (Å²) < 4.78 is 31.6. The summed E-state index contributed by atoms with van der Waals surface area (Å²) in [7, 11) is 0. The second kappa shape index (κ2) is 9.69. The maximum atomic E-state index is 14.0. The molecule has 1 aliphatic heterocycles. The number of fused-ring (bicyclic) bond motifs is 2. The molecule has 0 radical (unpaired) electrons. The van der Waals surface area contributed by atoms with Gasteiger partial charge < -0.3 is 13.9 Å². The molecule has 36 heavy (non-hydrogen) atoms. The minimum Gasteiger partial charge on any atom is -0.490 e. The Morgan fingerprint density at radius 2 is 1.92 bits per heavy atom. The van der Waals surface area contributed by atoms with Gasteiger partial charge in [0.1, 0.15) is 16.4 Å². The van der Waals surface area contributed by atoms with E-state index in [4.69, 9.17) is 13.9 Å². The highest BCUT2D eigenvalue weighted by molar-refractivity contribution is 7.15. The lowest BCUT2D eigenvalue weighted by Crippen LogP contribution is -2.29. The molecule has 4 aromatic rings. The highest BCUT2D eigenvalue weighted by Gasteiger charge is 2.45. The third kappa shape index (κ3) is 4.11. The van der Waals surface area contributed by atoms with Crippen molar-refractivity contribution in [2.24, 2.45) is 0 Å². The molecule has 0 saturated heterocycles. The number of aromatic nitrogens is 2. The number of unbranched alkanes of at least 4 members (excludes halogenated alkanes) is 1. The second-order valence-electron chi connectivity index (χ2n) is 8.34. The van der Waals surface area contributed by atoms with E-state index in [1.54, 1.807) is 25.1 Å². The van der Waals surface area contributed by atoms with Crippen LogP contribution in [0.5, 0.6) is 11.5 Å². The Balaban J connectivity index is 1.71. The van der Waals surface area contributed by atoms with Gasteiger partial charge in [0, 0.05) is 0 Å². The number of ether oxygens (including phenoxy) is 2. The lowest BCUT2D eigenvalue weighted by atomic mass is 9.98. The van der Waals surface area contributed by atoms with Gasteiger partial charge in [0.15, 0.2) is 16.9 Å². The van der Waals surface area contributed by atoms with E-state index in [-0.39, 0.29) is 22.3 Å². The van der Waals surface area contributed by atoms with Crippen molar-refractivity contribution < 1.29 is 23.1 Å². The van der Waals surface area contributed by atoms with Crippen LogP contribution in [0.3, 0.4) is 0 Å². The Bertz CT molecular complexity index is 1520. The molecule has 0 spiro atoms. The molecule has 5 rings (SSSR count). The summed E-state index contributed by atoms with van der Waals surface area (Å²) in [5.74, 6) is -0.116. The molecule has 0 aliphatic carbocycles. The summed E-state index contributed by atoms with van der Waals surface area (Å²) in [6.07, 6.45) is 1.89.